The summed E-state index contributed by atoms with van der Waals surface area (Å²) < 4.78 is 6.27. The molecule has 2 rings (SSSR count). The third-order valence-corrected chi connectivity index (χ3v) is 4.69. The van der Waals surface area contributed by atoms with Crippen LogP contribution in [0.4, 0.5) is 11.4 Å². The lowest BCUT2D eigenvalue weighted by Crippen LogP contribution is -2.05. The topological polar surface area (TPSA) is 33.3 Å². The summed E-state index contributed by atoms with van der Waals surface area (Å²) in [5.41, 5.74) is 2.12. The summed E-state index contributed by atoms with van der Waals surface area (Å²) in [7, 11) is 0. The number of para-hydroxylation sites is 4. The van der Waals surface area contributed by atoms with Crippen molar-refractivity contribution in [3.05, 3.63) is 48.5 Å². The monoisotopic (exact) mass is 368 g/mol. The first-order valence-electron chi connectivity index (χ1n) is 10.7. The van der Waals surface area contributed by atoms with Crippen LogP contribution in [-0.2, 0) is 0 Å². The average Bonchev–Trinajstić information content (AvgIpc) is 2.70. The second-order valence-corrected chi connectivity index (χ2v) is 7.07. The van der Waals surface area contributed by atoms with E-state index in [1.807, 2.05) is 24.3 Å². The van der Waals surface area contributed by atoms with E-state index < -0.39 is 0 Å². The molecule has 0 saturated heterocycles. The molecule has 148 valence electrons. The van der Waals surface area contributed by atoms with E-state index in [9.17, 15) is 0 Å². The van der Waals surface area contributed by atoms with Gasteiger partial charge in [0.25, 0.3) is 0 Å². The van der Waals surface area contributed by atoms with E-state index in [1.54, 1.807) is 0 Å². The zero-order valence-corrected chi connectivity index (χ0v) is 17.1. The van der Waals surface area contributed by atoms with E-state index in [0.29, 0.717) is 0 Å². The van der Waals surface area contributed by atoms with Crippen LogP contribution in [0.3, 0.4) is 0 Å². The summed E-state index contributed by atoms with van der Waals surface area (Å²) in [6.45, 7) is 6.45. The number of nitrogens with one attached hydrogen (secondary N) is 2. The number of anilines is 2. The summed E-state index contributed by atoms with van der Waals surface area (Å²) in [4.78, 5) is 0. The first kappa shape index (κ1) is 21.1. The van der Waals surface area contributed by atoms with Crippen LogP contribution in [0.25, 0.3) is 0 Å². The molecule has 0 radical (unpaired) electrons. The number of rotatable bonds is 14. The van der Waals surface area contributed by atoms with Crippen LogP contribution in [0.1, 0.15) is 65.2 Å². The van der Waals surface area contributed by atoms with Crippen molar-refractivity contribution in [3.63, 3.8) is 0 Å². The Labute approximate surface area is 165 Å². The highest BCUT2D eigenvalue weighted by Gasteiger charge is 2.07. The van der Waals surface area contributed by atoms with Gasteiger partial charge in [0.05, 0.1) is 11.4 Å². The van der Waals surface area contributed by atoms with E-state index in [4.69, 9.17) is 4.74 Å². The zero-order chi connectivity index (χ0) is 19.2. The summed E-state index contributed by atoms with van der Waals surface area (Å²) in [5.74, 6) is 1.77. The molecule has 2 aromatic carbocycles. The number of ether oxygens (including phenoxy) is 1. The lowest BCUT2D eigenvalue weighted by atomic mass is 10.2. The van der Waals surface area contributed by atoms with Crippen molar-refractivity contribution in [2.45, 2.75) is 65.2 Å². The first-order valence-corrected chi connectivity index (χ1v) is 10.7. The number of benzene rings is 2. The molecule has 3 heteroatoms. The molecular formula is C24H36N2O. The van der Waals surface area contributed by atoms with Crippen LogP contribution < -0.4 is 15.4 Å². The quantitative estimate of drug-likeness (QED) is 0.339. The fourth-order valence-electron chi connectivity index (χ4n) is 3.07. The van der Waals surface area contributed by atoms with E-state index in [2.05, 4.69) is 48.7 Å². The summed E-state index contributed by atoms with van der Waals surface area (Å²) in [5, 5.41) is 7.07. The standard InChI is InChI=1S/C24H36N2O/c1-3-5-7-13-19-25-21-15-9-11-17-23(21)27-24-18-12-10-16-22(24)26-20-14-8-6-4-2/h9-12,15-18,25-26H,3-8,13-14,19-20H2,1-2H3. The Morgan fingerprint density at radius 1 is 0.593 bits per heavy atom. The van der Waals surface area contributed by atoms with E-state index in [0.717, 1.165) is 36.0 Å². The van der Waals surface area contributed by atoms with E-state index >= 15 is 0 Å². The van der Waals surface area contributed by atoms with Crippen molar-refractivity contribution in [1.29, 1.82) is 0 Å². The van der Waals surface area contributed by atoms with Crippen LogP contribution in [0.2, 0.25) is 0 Å². The highest BCUT2D eigenvalue weighted by Crippen LogP contribution is 2.33. The van der Waals surface area contributed by atoms with Crippen LogP contribution in [0, 0.1) is 0 Å². The van der Waals surface area contributed by atoms with Crippen molar-refractivity contribution >= 4 is 11.4 Å². The molecule has 0 heterocycles. The Hall–Kier alpha value is -2.16. The highest BCUT2D eigenvalue weighted by molar-refractivity contribution is 5.62. The van der Waals surface area contributed by atoms with E-state index in [-0.39, 0.29) is 0 Å². The minimum absolute atomic E-state index is 0.883. The van der Waals surface area contributed by atoms with Gasteiger partial charge in [-0.2, -0.15) is 0 Å². The van der Waals surface area contributed by atoms with Gasteiger partial charge in [-0.05, 0) is 37.1 Å². The van der Waals surface area contributed by atoms with Crippen LogP contribution in [-0.4, -0.2) is 13.1 Å². The predicted molar refractivity (Wildman–Crippen MR) is 118 cm³/mol. The Morgan fingerprint density at radius 2 is 1.04 bits per heavy atom. The second-order valence-electron chi connectivity index (χ2n) is 7.07. The van der Waals surface area contributed by atoms with Crippen molar-refractivity contribution < 1.29 is 4.74 Å². The fourth-order valence-corrected chi connectivity index (χ4v) is 3.07. The van der Waals surface area contributed by atoms with Crippen molar-refractivity contribution in [1.82, 2.24) is 0 Å². The largest absolute Gasteiger partial charge is 0.453 e. The molecule has 2 N–H and O–H groups in total. The lowest BCUT2D eigenvalue weighted by Gasteiger charge is -2.16. The minimum atomic E-state index is 0.883. The maximum atomic E-state index is 6.27. The third-order valence-electron chi connectivity index (χ3n) is 4.69. The van der Waals surface area contributed by atoms with Crippen molar-refractivity contribution in [3.8, 4) is 11.5 Å². The second kappa shape index (κ2) is 13.1. The van der Waals surface area contributed by atoms with Crippen LogP contribution in [0.5, 0.6) is 11.5 Å². The van der Waals surface area contributed by atoms with Crippen molar-refractivity contribution in [2.24, 2.45) is 0 Å². The van der Waals surface area contributed by atoms with Gasteiger partial charge in [0.15, 0.2) is 11.5 Å². The molecule has 0 fully saturated rings. The summed E-state index contributed by atoms with van der Waals surface area (Å²) >= 11 is 0. The Balaban J connectivity index is 1.94. The van der Waals surface area contributed by atoms with Gasteiger partial charge >= 0.3 is 0 Å². The van der Waals surface area contributed by atoms with Gasteiger partial charge in [-0.25, -0.2) is 0 Å². The molecule has 0 amide bonds. The van der Waals surface area contributed by atoms with Gasteiger partial charge in [0, 0.05) is 13.1 Å². The van der Waals surface area contributed by atoms with Crippen molar-refractivity contribution in [2.75, 3.05) is 23.7 Å². The molecule has 0 atom stereocenters. The van der Waals surface area contributed by atoms with Gasteiger partial charge in [0.2, 0.25) is 0 Å². The van der Waals surface area contributed by atoms with Gasteiger partial charge < -0.3 is 15.4 Å². The smallest absolute Gasteiger partial charge is 0.150 e. The van der Waals surface area contributed by atoms with Gasteiger partial charge in [-0.1, -0.05) is 76.6 Å². The number of hydrogen-bond acceptors (Lipinski definition) is 3. The molecule has 27 heavy (non-hydrogen) atoms. The number of hydrogen-bond donors (Lipinski definition) is 2. The molecule has 0 aromatic heterocycles. The molecular weight excluding hydrogens is 332 g/mol. The maximum Gasteiger partial charge on any atom is 0.150 e. The normalized spacial score (nSPS) is 10.6. The molecule has 2 aromatic rings. The minimum Gasteiger partial charge on any atom is -0.453 e. The molecule has 3 nitrogen and oxygen atoms in total. The van der Waals surface area contributed by atoms with Gasteiger partial charge in [-0.15, -0.1) is 0 Å². The third kappa shape index (κ3) is 7.94. The molecule has 0 unspecified atom stereocenters. The summed E-state index contributed by atoms with van der Waals surface area (Å²) in [6, 6.07) is 16.4. The molecule has 0 aliphatic rings. The Morgan fingerprint density at radius 3 is 1.48 bits per heavy atom. The summed E-state index contributed by atoms with van der Waals surface area (Å²) in [6.07, 6.45) is 10.1. The van der Waals surface area contributed by atoms with Gasteiger partial charge in [-0.3, -0.25) is 0 Å². The Kier molecular flexibility index (Phi) is 10.2. The molecule has 0 saturated carbocycles. The zero-order valence-electron chi connectivity index (χ0n) is 17.1. The Bertz CT molecular complexity index is 586. The first-order chi connectivity index (χ1) is 13.3. The lowest BCUT2D eigenvalue weighted by molar-refractivity contribution is 0.485. The molecule has 0 aliphatic heterocycles. The van der Waals surface area contributed by atoms with Crippen LogP contribution in [0.15, 0.2) is 48.5 Å². The predicted octanol–water partition coefficient (Wildman–Crippen LogP) is 7.46. The SMILES string of the molecule is CCCCCCNc1ccccc1Oc1ccccc1NCCCCCC. The molecule has 0 aliphatic carbocycles. The average molecular weight is 369 g/mol. The molecule has 0 bridgehead atoms. The van der Waals surface area contributed by atoms with Crippen LogP contribution >= 0.6 is 0 Å². The van der Waals surface area contributed by atoms with E-state index in [1.165, 1.54) is 51.4 Å². The molecule has 0 spiro atoms. The number of unbranched alkanes of at least 4 members (excludes halogenated alkanes) is 6. The van der Waals surface area contributed by atoms with Gasteiger partial charge in [0.1, 0.15) is 0 Å². The highest BCUT2D eigenvalue weighted by atomic mass is 16.5. The fraction of sp³-hybridized carbons (Fsp3) is 0.500. The maximum absolute atomic E-state index is 6.27.